The Morgan fingerprint density at radius 2 is 1.65 bits per heavy atom. The van der Waals surface area contributed by atoms with E-state index in [1.807, 2.05) is 43.0 Å². The van der Waals surface area contributed by atoms with Crippen LogP contribution in [0.1, 0.15) is 25.3 Å². The number of hydrogen-bond acceptors (Lipinski definition) is 4. The van der Waals surface area contributed by atoms with Gasteiger partial charge in [0.15, 0.2) is 0 Å². The average Bonchev–Trinajstić information content (AvgIpc) is 2.70. The first-order valence-corrected chi connectivity index (χ1v) is 10.4. The van der Waals surface area contributed by atoms with Crippen molar-refractivity contribution >= 4 is 17.7 Å². The van der Waals surface area contributed by atoms with Crippen LogP contribution in [0.3, 0.4) is 0 Å². The van der Waals surface area contributed by atoms with Gasteiger partial charge in [-0.3, -0.25) is 4.79 Å². The Labute approximate surface area is 160 Å². The molecule has 1 fully saturated rings. The highest BCUT2D eigenvalue weighted by Gasteiger charge is 2.43. The van der Waals surface area contributed by atoms with Crippen LogP contribution in [0.4, 0.5) is 0 Å². The third-order valence-electron chi connectivity index (χ3n) is 5.12. The minimum atomic E-state index is -0.486. The predicted molar refractivity (Wildman–Crippen MR) is 108 cm³/mol. The Morgan fingerprint density at radius 3 is 2.27 bits per heavy atom. The summed E-state index contributed by atoms with van der Waals surface area (Å²) in [6, 6.07) is 20.7. The third-order valence-corrected chi connectivity index (χ3v) is 6.11. The molecule has 0 aliphatic carbocycles. The van der Waals surface area contributed by atoms with Crippen molar-refractivity contribution in [2.45, 2.75) is 30.1 Å². The molecular weight excluding hydrogens is 342 g/mol. The van der Waals surface area contributed by atoms with Crippen molar-refractivity contribution < 1.29 is 9.53 Å². The molecule has 1 heterocycles. The molecule has 1 saturated heterocycles. The summed E-state index contributed by atoms with van der Waals surface area (Å²) in [7, 11) is 0. The highest BCUT2D eigenvalue weighted by Crippen LogP contribution is 2.37. The number of carbonyl (C=O) groups is 1. The van der Waals surface area contributed by atoms with E-state index in [2.05, 4.69) is 41.3 Å². The van der Waals surface area contributed by atoms with Crippen molar-refractivity contribution in [3.05, 3.63) is 66.2 Å². The van der Waals surface area contributed by atoms with Gasteiger partial charge in [0.25, 0.3) is 0 Å². The maximum Gasteiger partial charge on any atom is 0.316 e. The summed E-state index contributed by atoms with van der Waals surface area (Å²) in [6.07, 6.45) is 1.65. The first kappa shape index (κ1) is 19.0. The van der Waals surface area contributed by atoms with Crippen LogP contribution in [0.15, 0.2) is 65.6 Å². The lowest BCUT2D eigenvalue weighted by Crippen LogP contribution is -2.48. The van der Waals surface area contributed by atoms with Gasteiger partial charge in [-0.1, -0.05) is 48.5 Å². The molecular formula is C22H27NO2S. The number of carbonyl (C=O) groups excluding carboxylic acids is 1. The van der Waals surface area contributed by atoms with Crippen molar-refractivity contribution in [1.29, 1.82) is 0 Å². The van der Waals surface area contributed by atoms with Crippen molar-refractivity contribution in [3.63, 3.8) is 0 Å². The van der Waals surface area contributed by atoms with Crippen molar-refractivity contribution in [3.8, 4) is 0 Å². The molecule has 3 rings (SSSR count). The molecule has 0 amide bonds. The van der Waals surface area contributed by atoms with Gasteiger partial charge in [0.05, 0.1) is 12.0 Å². The minimum Gasteiger partial charge on any atom is -0.465 e. The van der Waals surface area contributed by atoms with E-state index in [4.69, 9.17) is 4.74 Å². The number of rotatable bonds is 7. The van der Waals surface area contributed by atoms with Gasteiger partial charge in [0.1, 0.15) is 0 Å². The molecule has 0 saturated carbocycles. The fraction of sp³-hybridized carbons (Fsp3) is 0.409. The Hall–Kier alpha value is -1.78. The molecule has 0 aromatic heterocycles. The summed E-state index contributed by atoms with van der Waals surface area (Å²) >= 11 is 1.89. The second-order valence-electron chi connectivity index (χ2n) is 6.67. The highest BCUT2D eigenvalue weighted by atomic mass is 32.2. The number of likely N-dealkylation sites (tertiary alicyclic amines) is 1. The van der Waals surface area contributed by atoms with Crippen LogP contribution in [0.25, 0.3) is 0 Å². The summed E-state index contributed by atoms with van der Waals surface area (Å²) in [5.41, 5.74) is 0.608. The Balaban J connectivity index is 1.59. The van der Waals surface area contributed by atoms with Gasteiger partial charge < -0.3 is 9.64 Å². The summed E-state index contributed by atoms with van der Waals surface area (Å²) in [5.74, 6) is 1.01. The molecule has 0 bridgehead atoms. The van der Waals surface area contributed by atoms with Crippen LogP contribution in [-0.2, 0) is 14.9 Å². The second kappa shape index (κ2) is 9.24. The zero-order valence-corrected chi connectivity index (χ0v) is 16.2. The lowest BCUT2D eigenvalue weighted by Gasteiger charge is -2.40. The molecule has 138 valence electrons. The molecule has 0 radical (unpaired) electrons. The number of ether oxygens (including phenoxy) is 1. The molecule has 0 atom stereocenters. The lowest BCUT2D eigenvalue weighted by atomic mass is 9.72. The number of benzene rings is 2. The maximum absolute atomic E-state index is 12.8. The summed E-state index contributed by atoms with van der Waals surface area (Å²) < 4.78 is 5.45. The standard InChI is InChI=1S/C22H27NO2S/c1-2-25-21(24)22(19-9-5-3-6-10-19)13-15-23(16-14-22)17-18-26-20-11-7-4-8-12-20/h3-12H,2,13-18H2,1H3. The molecule has 1 aliphatic heterocycles. The van der Waals surface area contributed by atoms with Crippen LogP contribution in [0.5, 0.6) is 0 Å². The molecule has 3 nitrogen and oxygen atoms in total. The van der Waals surface area contributed by atoms with E-state index >= 15 is 0 Å². The van der Waals surface area contributed by atoms with Gasteiger partial charge in [0, 0.05) is 17.2 Å². The van der Waals surface area contributed by atoms with Crippen molar-refractivity contribution in [1.82, 2.24) is 4.90 Å². The van der Waals surface area contributed by atoms with E-state index in [1.165, 1.54) is 4.90 Å². The largest absolute Gasteiger partial charge is 0.465 e. The summed E-state index contributed by atoms with van der Waals surface area (Å²) in [4.78, 5) is 16.6. The molecule has 2 aromatic carbocycles. The van der Waals surface area contributed by atoms with Gasteiger partial charge in [0.2, 0.25) is 0 Å². The number of nitrogens with zero attached hydrogens (tertiary/aromatic N) is 1. The molecule has 0 unspecified atom stereocenters. The number of thioether (sulfide) groups is 1. The molecule has 0 spiro atoms. The van der Waals surface area contributed by atoms with Gasteiger partial charge >= 0.3 is 5.97 Å². The second-order valence-corrected chi connectivity index (χ2v) is 7.84. The van der Waals surface area contributed by atoms with Crippen LogP contribution in [0, 0.1) is 0 Å². The van der Waals surface area contributed by atoms with E-state index < -0.39 is 5.41 Å². The first-order valence-electron chi connectivity index (χ1n) is 9.37. The fourth-order valence-electron chi connectivity index (χ4n) is 3.60. The predicted octanol–water partition coefficient (Wildman–Crippen LogP) is 4.38. The first-order chi connectivity index (χ1) is 12.7. The van der Waals surface area contributed by atoms with Crippen LogP contribution >= 0.6 is 11.8 Å². The zero-order chi connectivity index (χ0) is 18.2. The number of esters is 1. The van der Waals surface area contributed by atoms with Crippen molar-refractivity contribution in [2.24, 2.45) is 0 Å². The van der Waals surface area contributed by atoms with E-state index in [1.54, 1.807) is 0 Å². The molecule has 2 aromatic rings. The Bertz CT molecular complexity index is 682. The van der Waals surface area contributed by atoms with Crippen molar-refractivity contribution in [2.75, 3.05) is 32.0 Å². The van der Waals surface area contributed by atoms with Gasteiger partial charge in [-0.25, -0.2) is 0 Å². The van der Waals surface area contributed by atoms with Crippen LogP contribution < -0.4 is 0 Å². The Morgan fingerprint density at radius 1 is 1.04 bits per heavy atom. The molecule has 1 aliphatic rings. The van der Waals surface area contributed by atoms with E-state index in [0.29, 0.717) is 6.61 Å². The Kier molecular flexibility index (Phi) is 6.75. The SMILES string of the molecule is CCOC(=O)C1(c2ccccc2)CCN(CCSc2ccccc2)CC1. The zero-order valence-electron chi connectivity index (χ0n) is 15.4. The van der Waals surface area contributed by atoms with Gasteiger partial charge in [-0.2, -0.15) is 0 Å². The summed E-state index contributed by atoms with van der Waals surface area (Å²) in [5, 5.41) is 0. The quantitative estimate of drug-likeness (QED) is 0.535. The monoisotopic (exact) mass is 369 g/mol. The molecule has 0 N–H and O–H groups in total. The molecule has 4 heteroatoms. The normalized spacial score (nSPS) is 17.0. The van der Waals surface area contributed by atoms with Gasteiger partial charge in [-0.05, 0) is 50.6 Å². The summed E-state index contributed by atoms with van der Waals surface area (Å²) in [6.45, 7) is 5.23. The van der Waals surface area contributed by atoms with E-state index in [9.17, 15) is 4.79 Å². The maximum atomic E-state index is 12.8. The fourth-order valence-corrected chi connectivity index (χ4v) is 4.54. The van der Waals surface area contributed by atoms with Crippen LogP contribution in [0.2, 0.25) is 0 Å². The van der Waals surface area contributed by atoms with E-state index in [0.717, 1.165) is 43.8 Å². The highest BCUT2D eigenvalue weighted by molar-refractivity contribution is 7.99. The molecule has 26 heavy (non-hydrogen) atoms. The van der Waals surface area contributed by atoms with Gasteiger partial charge in [-0.15, -0.1) is 11.8 Å². The minimum absolute atomic E-state index is 0.0653. The van der Waals surface area contributed by atoms with Crippen LogP contribution in [-0.4, -0.2) is 42.9 Å². The average molecular weight is 370 g/mol. The lowest BCUT2D eigenvalue weighted by molar-refractivity contribution is -0.152. The third kappa shape index (κ3) is 4.49. The smallest absolute Gasteiger partial charge is 0.316 e. The number of piperidine rings is 1. The topological polar surface area (TPSA) is 29.5 Å². The van der Waals surface area contributed by atoms with E-state index in [-0.39, 0.29) is 5.97 Å². The number of hydrogen-bond donors (Lipinski definition) is 0.